The smallest absolute Gasteiger partial charge is 0.508 e. The van der Waals surface area contributed by atoms with Crippen molar-refractivity contribution in [2.24, 2.45) is 0 Å². The van der Waals surface area contributed by atoms with Gasteiger partial charge in [0, 0.05) is 59.4 Å². The van der Waals surface area contributed by atoms with E-state index in [1.165, 1.54) is 0 Å². The van der Waals surface area contributed by atoms with Crippen LogP contribution in [-0.2, 0) is 17.1 Å². The first-order valence-corrected chi connectivity index (χ1v) is 17.7. The van der Waals surface area contributed by atoms with E-state index in [9.17, 15) is 5.11 Å². The molecule has 4 aromatic carbocycles. The van der Waals surface area contributed by atoms with Crippen LogP contribution in [0.25, 0.3) is 90.9 Å². The number of aromatic hydroxyl groups is 1. The Balaban J connectivity index is 0.00000400. The Labute approximate surface area is 330 Å². The second-order valence-electron chi connectivity index (χ2n) is 12.6. The first-order valence-electron chi connectivity index (χ1n) is 16.6. The van der Waals surface area contributed by atoms with Gasteiger partial charge in [0.2, 0.25) is 0 Å². The summed E-state index contributed by atoms with van der Waals surface area (Å²) >= 11 is 19.1. The van der Waals surface area contributed by atoms with Crippen LogP contribution in [0, 0.1) is 0 Å². The predicted molar refractivity (Wildman–Crippen MR) is 217 cm³/mol. The zero-order valence-electron chi connectivity index (χ0n) is 27.6. The number of phenols is 1. The topological polar surface area (TPSA) is 77.6 Å². The molecule has 259 valence electrons. The third kappa shape index (κ3) is 6.61. The second kappa shape index (κ2) is 14.2. The summed E-state index contributed by atoms with van der Waals surface area (Å²) in [6.45, 7) is 0. The molecule has 0 fully saturated rings. The molecule has 3 N–H and O–H groups in total. The van der Waals surface area contributed by atoms with E-state index >= 15 is 0 Å². The van der Waals surface area contributed by atoms with Crippen molar-refractivity contribution in [3.63, 3.8) is 0 Å². The number of hydrogen-bond acceptors (Lipinski definition) is 3. The van der Waals surface area contributed by atoms with Crippen molar-refractivity contribution in [3.05, 3.63) is 159 Å². The molecular weight excluding hydrogens is 770 g/mol. The van der Waals surface area contributed by atoms with E-state index in [1.54, 1.807) is 12.1 Å². The van der Waals surface area contributed by atoms with E-state index in [2.05, 4.69) is 46.4 Å². The monoisotopic (exact) mass is 795 g/mol. The van der Waals surface area contributed by atoms with Gasteiger partial charge in [-0.3, -0.25) is 0 Å². The fourth-order valence-corrected chi connectivity index (χ4v) is 7.28. The van der Waals surface area contributed by atoms with Crippen molar-refractivity contribution in [2.75, 3.05) is 0 Å². The molecule has 5 heterocycles. The summed E-state index contributed by atoms with van der Waals surface area (Å²) in [6.07, 6.45) is 8.19. The van der Waals surface area contributed by atoms with E-state index in [4.69, 9.17) is 44.8 Å². The zero-order chi connectivity index (χ0) is 35.3. The number of aromatic nitrogens is 4. The van der Waals surface area contributed by atoms with Gasteiger partial charge in [-0.05, 0) is 119 Å². The quantitative estimate of drug-likeness (QED) is 0.155. The summed E-state index contributed by atoms with van der Waals surface area (Å²) in [5.74, 6) is 0.188. The Morgan fingerprint density at radius 2 is 0.604 bits per heavy atom. The zero-order valence-corrected chi connectivity index (χ0v) is 30.8. The van der Waals surface area contributed by atoms with Gasteiger partial charge in [-0.25, -0.2) is 9.97 Å². The summed E-state index contributed by atoms with van der Waals surface area (Å²) in [5.41, 5.74) is 14.1. The number of H-pyrrole nitrogens is 2. The molecule has 0 saturated carbocycles. The molecule has 0 aliphatic carbocycles. The summed E-state index contributed by atoms with van der Waals surface area (Å²) in [7, 11) is 0. The van der Waals surface area contributed by atoms with Crippen molar-refractivity contribution >= 4 is 81.2 Å². The van der Waals surface area contributed by atoms with E-state index < -0.39 is 0 Å². The molecule has 0 atom stereocenters. The van der Waals surface area contributed by atoms with Gasteiger partial charge in [-0.2, -0.15) is 0 Å². The normalized spacial score (nSPS) is 11.8. The number of aromatic amines is 2. The van der Waals surface area contributed by atoms with Gasteiger partial charge in [0.05, 0.1) is 22.8 Å². The summed E-state index contributed by atoms with van der Waals surface area (Å²) in [4.78, 5) is 18.0. The Kier molecular flexibility index (Phi) is 9.34. The Bertz CT molecular complexity index is 2380. The fourth-order valence-electron chi connectivity index (χ4n) is 6.90. The van der Waals surface area contributed by atoms with Crippen molar-refractivity contribution in [2.45, 2.75) is 0 Å². The van der Waals surface area contributed by atoms with Gasteiger partial charge in [0.15, 0.2) is 0 Å². The molecule has 7 aromatic rings. The second-order valence-corrected chi connectivity index (χ2v) is 13.9. The van der Waals surface area contributed by atoms with Gasteiger partial charge in [0.25, 0.3) is 0 Å². The van der Waals surface area contributed by atoms with Crippen LogP contribution in [0.15, 0.2) is 121 Å². The molecule has 53 heavy (non-hydrogen) atoms. The van der Waals surface area contributed by atoms with E-state index in [-0.39, 0.29) is 22.8 Å². The van der Waals surface area contributed by atoms with Crippen LogP contribution in [0.5, 0.6) is 5.75 Å². The molecule has 2 aliphatic rings. The third-order valence-electron chi connectivity index (χ3n) is 9.31. The average molecular weight is 798 g/mol. The summed E-state index contributed by atoms with van der Waals surface area (Å²) in [5, 5.41) is 12.1. The van der Waals surface area contributed by atoms with Crippen molar-refractivity contribution in [1.82, 2.24) is 19.9 Å². The molecule has 0 amide bonds. The van der Waals surface area contributed by atoms with Gasteiger partial charge < -0.3 is 15.1 Å². The molecule has 0 saturated heterocycles. The molecular formula is C44H27Cl3CuN4O+2. The van der Waals surface area contributed by atoms with Crippen LogP contribution in [-0.4, -0.2) is 25.0 Å². The number of fused-ring (bicyclic) bond motifs is 8. The van der Waals surface area contributed by atoms with Crippen LogP contribution in [0.4, 0.5) is 0 Å². The summed E-state index contributed by atoms with van der Waals surface area (Å²) in [6, 6.07) is 38.9. The van der Waals surface area contributed by atoms with Gasteiger partial charge in [0.1, 0.15) is 5.75 Å². The number of rotatable bonds is 4. The van der Waals surface area contributed by atoms with Crippen molar-refractivity contribution < 1.29 is 22.2 Å². The minimum atomic E-state index is 0. The minimum absolute atomic E-state index is 0. The van der Waals surface area contributed by atoms with Crippen LogP contribution in [0.1, 0.15) is 22.8 Å². The van der Waals surface area contributed by atoms with E-state index in [0.29, 0.717) is 15.1 Å². The number of benzene rings is 4. The fraction of sp³-hybridized carbons (Fsp3) is 0. The van der Waals surface area contributed by atoms with E-state index in [1.807, 2.05) is 97.1 Å². The number of nitrogens with zero attached hydrogens (tertiary/aromatic N) is 2. The number of halogens is 3. The largest absolute Gasteiger partial charge is 2.00 e. The number of hydrogen-bond donors (Lipinski definition) is 3. The van der Waals surface area contributed by atoms with Crippen LogP contribution in [0.2, 0.25) is 15.1 Å². The molecule has 0 unspecified atom stereocenters. The number of nitrogens with one attached hydrogen (secondary N) is 2. The number of phenolic OH excluding ortho intramolecular Hbond substituents is 1. The first kappa shape index (κ1) is 34.7. The molecule has 2 aliphatic heterocycles. The van der Waals surface area contributed by atoms with Crippen LogP contribution >= 0.6 is 34.8 Å². The van der Waals surface area contributed by atoms with Crippen molar-refractivity contribution in [1.29, 1.82) is 0 Å². The Morgan fingerprint density at radius 1 is 0.358 bits per heavy atom. The molecule has 1 radical (unpaired) electrons. The van der Waals surface area contributed by atoms with Crippen LogP contribution in [0.3, 0.4) is 0 Å². The predicted octanol–water partition coefficient (Wildman–Crippen LogP) is 13.0. The average Bonchev–Trinajstić information content (AvgIpc) is 3.99. The van der Waals surface area contributed by atoms with Gasteiger partial charge in [-0.1, -0.05) is 83.3 Å². The maximum absolute atomic E-state index is 10.2. The molecule has 0 spiro atoms. The maximum Gasteiger partial charge on any atom is 2.00 e. The maximum atomic E-state index is 10.2. The third-order valence-corrected chi connectivity index (χ3v) is 10.1. The van der Waals surface area contributed by atoms with Gasteiger partial charge in [-0.15, -0.1) is 0 Å². The molecule has 9 rings (SSSR count). The molecule has 5 nitrogen and oxygen atoms in total. The first-order chi connectivity index (χ1) is 25.4. The summed E-state index contributed by atoms with van der Waals surface area (Å²) < 4.78 is 0. The van der Waals surface area contributed by atoms with Crippen LogP contribution < -0.4 is 0 Å². The van der Waals surface area contributed by atoms with E-state index in [0.717, 1.165) is 89.4 Å². The SMILES string of the molecule is Oc1ccc(-c2c3nc(c(-c4ccc(Cl)cc4)c4ccc([nH]4)c(-c4ccc(Cl)cc4)c4nc(c(-c5ccc(Cl)cc5)c5ccc2[nH]5)C=C4)C=C3)cc1.[Cu+2]. The Hall–Kier alpha value is -5.33. The minimum Gasteiger partial charge on any atom is -0.508 e. The standard InChI is InChI=1S/C44H27Cl3N4O.Cu/c45-29-9-1-25(2-10-29)41-33-17-19-35(48-33)42(26-3-11-30(46)12-4-26)37-21-23-39(50-37)44(28-7-15-32(52)16-8-28)40-24-22-38(51-40)43(36-20-18-34(41)49-36)27-5-13-31(47)14-6-27;/h1-24,48,51-52H;/q;+2. The Morgan fingerprint density at radius 3 is 0.868 bits per heavy atom. The molecule has 3 aromatic heterocycles. The molecule has 9 heteroatoms. The van der Waals surface area contributed by atoms with Gasteiger partial charge >= 0.3 is 17.1 Å². The van der Waals surface area contributed by atoms with Crippen molar-refractivity contribution in [3.8, 4) is 50.3 Å². The molecule has 8 bridgehead atoms.